The number of nitrogens with zero attached hydrogens (tertiary/aromatic N) is 4. The summed E-state index contributed by atoms with van der Waals surface area (Å²) in [4.78, 5) is 25.8. The maximum absolute atomic E-state index is 14.0. The Hall–Kier alpha value is -2.55. The van der Waals surface area contributed by atoms with Crippen molar-refractivity contribution in [3.8, 4) is 0 Å². The first-order chi connectivity index (χ1) is 16.7. The minimum Gasteiger partial charge on any atom is -0.393 e. The number of pyridine rings is 1. The molecule has 8 nitrogen and oxygen atoms in total. The summed E-state index contributed by atoms with van der Waals surface area (Å²) in [7, 11) is 0. The van der Waals surface area contributed by atoms with Gasteiger partial charge in [-0.05, 0) is 61.5 Å². The number of benzene rings is 1. The molecular formula is C26H34N6O2. The van der Waals surface area contributed by atoms with Crippen molar-refractivity contribution in [2.75, 3.05) is 38.0 Å². The van der Waals surface area contributed by atoms with Crippen LogP contribution in [0.4, 0.5) is 5.95 Å². The fourth-order valence-corrected chi connectivity index (χ4v) is 5.50. The minimum atomic E-state index is -0.269. The molecule has 0 spiro atoms. The van der Waals surface area contributed by atoms with Gasteiger partial charge in [-0.15, -0.1) is 0 Å². The zero-order valence-corrected chi connectivity index (χ0v) is 19.7. The number of rotatable bonds is 6. The molecule has 3 aliphatic rings. The van der Waals surface area contributed by atoms with Crippen molar-refractivity contribution in [1.82, 2.24) is 24.8 Å². The van der Waals surface area contributed by atoms with E-state index in [1.165, 1.54) is 18.4 Å². The molecule has 2 aromatic heterocycles. The zero-order chi connectivity index (χ0) is 23.1. The van der Waals surface area contributed by atoms with Gasteiger partial charge in [-0.25, -0.2) is 4.98 Å². The van der Waals surface area contributed by atoms with Gasteiger partial charge in [0.15, 0.2) is 0 Å². The Bertz CT molecular complexity index is 1240. The van der Waals surface area contributed by atoms with Crippen LogP contribution in [0.25, 0.3) is 21.8 Å². The SMILES string of the molecule is O=c1c2cc(CN3CCNCC3)ccc2c2cnc(NCC3CC3)nc2n1[C@H]1CC[C@H](O)CC1. The van der Waals surface area contributed by atoms with Crippen LogP contribution < -0.4 is 16.2 Å². The first kappa shape index (κ1) is 21.9. The Morgan fingerprint density at radius 1 is 1.03 bits per heavy atom. The molecule has 180 valence electrons. The van der Waals surface area contributed by atoms with E-state index in [1.54, 1.807) is 0 Å². The minimum absolute atomic E-state index is 0.0258. The third-order valence-corrected chi connectivity index (χ3v) is 7.71. The van der Waals surface area contributed by atoms with Crippen molar-refractivity contribution in [3.05, 3.63) is 40.3 Å². The first-order valence-corrected chi connectivity index (χ1v) is 12.8. The standard InChI is InChI=1S/C26H34N6O2/c33-20-6-4-19(5-7-20)32-24-23(15-29-26(30-24)28-14-17-1-2-17)21-8-3-18(13-22(21)25(32)34)16-31-11-9-27-10-12-31/h3,8,13,15,17,19-20,27,33H,1-2,4-7,9-12,14,16H2,(H,28,29,30)/t19-,20-. The maximum atomic E-state index is 14.0. The summed E-state index contributed by atoms with van der Waals surface area (Å²) in [5.74, 6) is 1.31. The second-order valence-electron chi connectivity index (χ2n) is 10.3. The van der Waals surface area contributed by atoms with E-state index in [2.05, 4.69) is 38.7 Å². The summed E-state index contributed by atoms with van der Waals surface area (Å²) in [6, 6.07) is 6.34. The second kappa shape index (κ2) is 9.24. The third kappa shape index (κ3) is 4.42. The summed E-state index contributed by atoms with van der Waals surface area (Å²) in [6.07, 6.45) is 7.15. The van der Waals surface area contributed by atoms with E-state index in [-0.39, 0.29) is 17.7 Å². The molecule has 0 amide bonds. The van der Waals surface area contributed by atoms with Crippen LogP contribution in [0, 0.1) is 5.92 Å². The summed E-state index contributed by atoms with van der Waals surface area (Å²) in [5.41, 5.74) is 1.90. The Morgan fingerprint density at radius 2 is 1.82 bits per heavy atom. The van der Waals surface area contributed by atoms with Crippen LogP contribution in [0.3, 0.4) is 0 Å². The van der Waals surface area contributed by atoms with E-state index in [0.717, 1.165) is 81.1 Å². The van der Waals surface area contributed by atoms with E-state index in [1.807, 2.05) is 10.8 Å². The molecule has 0 unspecified atom stereocenters. The van der Waals surface area contributed by atoms with Crippen LogP contribution in [0.2, 0.25) is 0 Å². The Balaban J connectivity index is 1.44. The van der Waals surface area contributed by atoms with Crippen molar-refractivity contribution < 1.29 is 5.11 Å². The lowest BCUT2D eigenvalue weighted by Gasteiger charge is -2.29. The van der Waals surface area contributed by atoms with Crippen LogP contribution in [0.15, 0.2) is 29.2 Å². The largest absolute Gasteiger partial charge is 0.393 e. The predicted octanol–water partition coefficient (Wildman–Crippen LogP) is 2.65. The van der Waals surface area contributed by atoms with Gasteiger partial charge < -0.3 is 15.7 Å². The summed E-state index contributed by atoms with van der Waals surface area (Å²) in [5, 5.41) is 19.4. The van der Waals surface area contributed by atoms with Gasteiger partial charge in [0, 0.05) is 62.3 Å². The number of nitrogens with one attached hydrogen (secondary N) is 2. The summed E-state index contributed by atoms with van der Waals surface area (Å²) < 4.78 is 1.90. The molecule has 2 aliphatic carbocycles. The van der Waals surface area contributed by atoms with Crippen LogP contribution in [-0.4, -0.2) is 63.4 Å². The van der Waals surface area contributed by atoms with Crippen LogP contribution in [0.5, 0.6) is 0 Å². The number of piperazine rings is 1. The smallest absolute Gasteiger partial charge is 0.260 e. The lowest BCUT2D eigenvalue weighted by atomic mass is 9.92. The molecule has 3 heterocycles. The van der Waals surface area contributed by atoms with E-state index in [9.17, 15) is 9.90 Å². The molecule has 0 bridgehead atoms. The Labute approximate surface area is 199 Å². The molecule has 3 aromatic rings. The number of anilines is 1. The van der Waals surface area contributed by atoms with E-state index in [4.69, 9.17) is 4.98 Å². The van der Waals surface area contributed by atoms with Crippen LogP contribution >= 0.6 is 0 Å². The normalized spacial score (nSPS) is 24.0. The van der Waals surface area contributed by atoms with Crippen molar-refractivity contribution in [1.29, 1.82) is 0 Å². The highest BCUT2D eigenvalue weighted by molar-refractivity contribution is 6.04. The summed E-state index contributed by atoms with van der Waals surface area (Å²) in [6.45, 7) is 5.79. The molecule has 8 heteroatoms. The predicted molar refractivity (Wildman–Crippen MR) is 134 cm³/mol. The van der Waals surface area contributed by atoms with Crippen molar-refractivity contribution in [2.45, 2.75) is 57.2 Å². The molecular weight excluding hydrogens is 428 g/mol. The number of hydrogen-bond acceptors (Lipinski definition) is 7. The van der Waals surface area contributed by atoms with E-state index < -0.39 is 0 Å². The highest BCUT2D eigenvalue weighted by Gasteiger charge is 2.26. The highest BCUT2D eigenvalue weighted by Crippen LogP contribution is 2.33. The number of aromatic nitrogens is 3. The van der Waals surface area contributed by atoms with Gasteiger partial charge in [-0.3, -0.25) is 14.3 Å². The van der Waals surface area contributed by atoms with Gasteiger partial charge >= 0.3 is 0 Å². The number of hydrogen-bond donors (Lipinski definition) is 3. The average molecular weight is 463 g/mol. The quantitative estimate of drug-likeness (QED) is 0.485. The molecule has 34 heavy (non-hydrogen) atoms. The van der Waals surface area contributed by atoms with E-state index in [0.29, 0.717) is 17.5 Å². The first-order valence-electron chi connectivity index (χ1n) is 12.8. The molecule has 2 saturated carbocycles. The van der Waals surface area contributed by atoms with Gasteiger partial charge in [0.05, 0.1) is 6.10 Å². The maximum Gasteiger partial charge on any atom is 0.260 e. The Kier molecular flexibility index (Phi) is 5.97. The monoisotopic (exact) mass is 462 g/mol. The molecule has 1 aromatic carbocycles. The fourth-order valence-electron chi connectivity index (χ4n) is 5.50. The lowest BCUT2D eigenvalue weighted by molar-refractivity contribution is 0.111. The second-order valence-corrected chi connectivity index (χ2v) is 10.3. The van der Waals surface area contributed by atoms with Crippen LogP contribution in [0.1, 0.15) is 50.1 Å². The highest BCUT2D eigenvalue weighted by atomic mass is 16.3. The van der Waals surface area contributed by atoms with Gasteiger partial charge in [-0.2, -0.15) is 4.98 Å². The summed E-state index contributed by atoms with van der Waals surface area (Å²) >= 11 is 0. The average Bonchev–Trinajstić information content (AvgIpc) is 3.69. The zero-order valence-electron chi connectivity index (χ0n) is 19.7. The number of fused-ring (bicyclic) bond motifs is 3. The molecule has 1 aliphatic heterocycles. The molecule has 1 saturated heterocycles. The fraction of sp³-hybridized carbons (Fsp3) is 0.577. The molecule has 6 rings (SSSR count). The lowest BCUT2D eigenvalue weighted by Crippen LogP contribution is -2.42. The Morgan fingerprint density at radius 3 is 2.59 bits per heavy atom. The van der Waals surface area contributed by atoms with Gasteiger partial charge in [-0.1, -0.05) is 12.1 Å². The number of aliphatic hydroxyl groups is 1. The van der Waals surface area contributed by atoms with Crippen LogP contribution in [-0.2, 0) is 6.54 Å². The molecule has 3 fully saturated rings. The number of aliphatic hydroxyl groups excluding tert-OH is 1. The molecule has 0 atom stereocenters. The van der Waals surface area contributed by atoms with Gasteiger partial charge in [0.1, 0.15) is 5.65 Å². The molecule has 0 radical (unpaired) electrons. The molecule has 3 N–H and O–H groups in total. The van der Waals surface area contributed by atoms with Crippen molar-refractivity contribution >= 4 is 27.8 Å². The van der Waals surface area contributed by atoms with E-state index >= 15 is 0 Å². The third-order valence-electron chi connectivity index (χ3n) is 7.71. The van der Waals surface area contributed by atoms with Gasteiger partial charge in [0.2, 0.25) is 5.95 Å². The van der Waals surface area contributed by atoms with Crippen molar-refractivity contribution in [3.63, 3.8) is 0 Å². The van der Waals surface area contributed by atoms with Gasteiger partial charge in [0.25, 0.3) is 5.56 Å². The topological polar surface area (TPSA) is 95.3 Å². The van der Waals surface area contributed by atoms with Crippen molar-refractivity contribution in [2.24, 2.45) is 5.92 Å².